The summed E-state index contributed by atoms with van der Waals surface area (Å²) in [4.78, 5) is 12.3. The first-order valence-electron chi connectivity index (χ1n) is 7.91. The van der Waals surface area contributed by atoms with Crippen molar-refractivity contribution in [2.75, 3.05) is 10.8 Å². The van der Waals surface area contributed by atoms with Gasteiger partial charge in [-0.2, -0.15) is 0 Å². The van der Waals surface area contributed by atoms with Gasteiger partial charge in [-0.1, -0.05) is 24.3 Å². The summed E-state index contributed by atoms with van der Waals surface area (Å²) in [5.74, 6) is 0.425. The van der Waals surface area contributed by atoms with E-state index in [0.29, 0.717) is 16.3 Å². The van der Waals surface area contributed by atoms with Gasteiger partial charge in [0.15, 0.2) is 0 Å². The van der Waals surface area contributed by atoms with Crippen LogP contribution in [0.4, 0.5) is 5.69 Å². The van der Waals surface area contributed by atoms with Gasteiger partial charge in [-0.15, -0.1) is 0 Å². The zero-order chi connectivity index (χ0) is 17.4. The van der Waals surface area contributed by atoms with Gasteiger partial charge in [0.25, 0.3) is 10.0 Å². The molecule has 4 rings (SSSR count). The lowest BCUT2D eigenvalue weighted by atomic mass is 10.1. The van der Waals surface area contributed by atoms with E-state index >= 15 is 0 Å². The van der Waals surface area contributed by atoms with E-state index in [1.807, 2.05) is 18.2 Å². The second kappa shape index (κ2) is 5.93. The standard InChI is InChI=1S/C18H16N2O4S/c21-17(19-12-14-6-3-11-24-14)9-10-20-15-7-1-4-13-5-2-8-16(18(13)15)25(20,22)23/h1-8,11H,9-10,12H2,(H,19,21). The minimum atomic E-state index is -3.62. The molecule has 1 aromatic heterocycles. The number of rotatable bonds is 5. The van der Waals surface area contributed by atoms with Gasteiger partial charge in [0.1, 0.15) is 5.76 Å². The molecule has 0 bridgehead atoms. The molecular weight excluding hydrogens is 340 g/mol. The minimum absolute atomic E-state index is 0.0737. The molecule has 0 saturated carbocycles. The van der Waals surface area contributed by atoms with Crippen LogP contribution in [0.25, 0.3) is 10.8 Å². The normalized spacial score (nSPS) is 14.8. The van der Waals surface area contributed by atoms with E-state index in [0.717, 1.165) is 10.8 Å². The van der Waals surface area contributed by atoms with E-state index in [4.69, 9.17) is 4.42 Å². The van der Waals surface area contributed by atoms with Crippen LogP contribution in [-0.4, -0.2) is 20.9 Å². The maximum Gasteiger partial charge on any atom is 0.265 e. The quantitative estimate of drug-likeness (QED) is 0.762. The summed E-state index contributed by atoms with van der Waals surface area (Å²) in [5.41, 5.74) is 0.631. The predicted molar refractivity (Wildman–Crippen MR) is 93.7 cm³/mol. The van der Waals surface area contributed by atoms with Gasteiger partial charge in [-0.25, -0.2) is 8.42 Å². The second-order valence-electron chi connectivity index (χ2n) is 5.81. The summed E-state index contributed by atoms with van der Waals surface area (Å²) in [7, 11) is -3.62. The van der Waals surface area contributed by atoms with Gasteiger partial charge >= 0.3 is 0 Å². The van der Waals surface area contributed by atoms with Gasteiger partial charge < -0.3 is 9.73 Å². The summed E-state index contributed by atoms with van der Waals surface area (Å²) >= 11 is 0. The molecule has 7 heteroatoms. The number of carbonyl (C=O) groups excluding carboxylic acids is 1. The van der Waals surface area contributed by atoms with Crippen LogP contribution < -0.4 is 9.62 Å². The predicted octanol–water partition coefficient (Wildman–Crippen LogP) is 2.65. The van der Waals surface area contributed by atoms with Crippen LogP contribution in [-0.2, 0) is 21.4 Å². The monoisotopic (exact) mass is 356 g/mol. The molecule has 1 N–H and O–H groups in total. The molecule has 1 aliphatic heterocycles. The molecule has 1 amide bonds. The average molecular weight is 356 g/mol. The zero-order valence-electron chi connectivity index (χ0n) is 13.3. The molecule has 25 heavy (non-hydrogen) atoms. The third-order valence-electron chi connectivity index (χ3n) is 4.26. The molecule has 128 valence electrons. The fraction of sp³-hybridized carbons (Fsp3) is 0.167. The molecule has 3 aromatic rings. The minimum Gasteiger partial charge on any atom is -0.467 e. The van der Waals surface area contributed by atoms with Crippen molar-refractivity contribution < 1.29 is 17.6 Å². The Morgan fingerprint density at radius 2 is 1.88 bits per heavy atom. The number of benzene rings is 2. The Morgan fingerprint density at radius 1 is 1.08 bits per heavy atom. The highest BCUT2D eigenvalue weighted by atomic mass is 32.2. The third kappa shape index (κ3) is 2.66. The van der Waals surface area contributed by atoms with Gasteiger partial charge in [0.2, 0.25) is 5.91 Å². The summed E-state index contributed by atoms with van der Waals surface area (Å²) in [6.45, 7) is 0.383. The molecule has 0 atom stereocenters. The van der Waals surface area contributed by atoms with Crippen molar-refractivity contribution in [3.63, 3.8) is 0 Å². The molecule has 1 aliphatic rings. The highest BCUT2D eigenvalue weighted by Gasteiger charge is 2.35. The van der Waals surface area contributed by atoms with Crippen molar-refractivity contribution in [1.82, 2.24) is 5.32 Å². The number of nitrogens with one attached hydrogen (secondary N) is 1. The van der Waals surface area contributed by atoms with Crippen molar-refractivity contribution >= 4 is 32.4 Å². The molecule has 6 nitrogen and oxygen atoms in total. The van der Waals surface area contributed by atoms with Crippen LogP contribution in [0.15, 0.2) is 64.1 Å². The topological polar surface area (TPSA) is 79.6 Å². The van der Waals surface area contributed by atoms with Crippen molar-refractivity contribution in [3.8, 4) is 0 Å². The summed E-state index contributed by atoms with van der Waals surface area (Å²) in [6, 6.07) is 14.2. The van der Waals surface area contributed by atoms with Crippen LogP contribution in [0.3, 0.4) is 0 Å². The van der Waals surface area contributed by atoms with Gasteiger partial charge in [0.05, 0.1) is 23.4 Å². The fourth-order valence-corrected chi connectivity index (χ4v) is 4.80. The molecule has 0 radical (unpaired) electrons. The number of nitrogens with zero attached hydrogens (tertiary/aromatic N) is 1. The lowest BCUT2D eigenvalue weighted by Crippen LogP contribution is -2.32. The maximum atomic E-state index is 12.8. The zero-order valence-corrected chi connectivity index (χ0v) is 14.1. The fourth-order valence-electron chi connectivity index (χ4n) is 3.09. The number of hydrogen-bond acceptors (Lipinski definition) is 4. The second-order valence-corrected chi connectivity index (χ2v) is 7.65. The van der Waals surface area contributed by atoms with E-state index in [1.54, 1.807) is 30.3 Å². The van der Waals surface area contributed by atoms with E-state index in [9.17, 15) is 13.2 Å². The molecule has 2 heterocycles. The third-order valence-corrected chi connectivity index (χ3v) is 6.12. The Morgan fingerprint density at radius 3 is 2.64 bits per heavy atom. The van der Waals surface area contributed by atoms with Crippen molar-refractivity contribution in [2.45, 2.75) is 17.9 Å². The molecule has 0 aliphatic carbocycles. The van der Waals surface area contributed by atoms with Gasteiger partial charge in [0, 0.05) is 18.4 Å². The van der Waals surface area contributed by atoms with Crippen LogP contribution in [0.5, 0.6) is 0 Å². The van der Waals surface area contributed by atoms with Crippen molar-refractivity contribution in [2.24, 2.45) is 0 Å². The Kier molecular flexibility index (Phi) is 3.73. The Hall–Kier alpha value is -2.80. The largest absolute Gasteiger partial charge is 0.467 e. The summed E-state index contributed by atoms with van der Waals surface area (Å²) in [5, 5.41) is 4.33. The Bertz CT molecular complexity index is 1040. The van der Waals surface area contributed by atoms with Crippen LogP contribution in [0.1, 0.15) is 12.2 Å². The molecule has 0 spiro atoms. The first kappa shape index (κ1) is 15.7. The number of hydrogen-bond donors (Lipinski definition) is 1. The van der Waals surface area contributed by atoms with Crippen molar-refractivity contribution in [1.29, 1.82) is 0 Å². The van der Waals surface area contributed by atoms with E-state index < -0.39 is 10.0 Å². The number of furan rings is 1. The smallest absolute Gasteiger partial charge is 0.265 e. The number of amides is 1. The van der Waals surface area contributed by atoms with Gasteiger partial charge in [-0.05, 0) is 29.7 Å². The van der Waals surface area contributed by atoms with Gasteiger partial charge in [-0.3, -0.25) is 9.10 Å². The average Bonchev–Trinajstić information content (AvgIpc) is 3.19. The lowest BCUT2D eigenvalue weighted by molar-refractivity contribution is -0.121. The number of anilines is 1. The molecule has 0 saturated heterocycles. The number of sulfonamides is 1. The molecule has 0 unspecified atom stereocenters. The lowest BCUT2D eigenvalue weighted by Gasteiger charge is -2.18. The Labute approximate surface area is 145 Å². The SMILES string of the molecule is O=C(CCN1c2cccc3cccc(c23)S1(=O)=O)NCc1ccco1. The first-order valence-corrected chi connectivity index (χ1v) is 9.35. The van der Waals surface area contributed by atoms with E-state index in [1.165, 1.54) is 10.6 Å². The highest BCUT2D eigenvalue weighted by molar-refractivity contribution is 7.93. The van der Waals surface area contributed by atoms with Crippen molar-refractivity contribution in [3.05, 3.63) is 60.6 Å². The van der Waals surface area contributed by atoms with Crippen LogP contribution >= 0.6 is 0 Å². The van der Waals surface area contributed by atoms with Crippen LogP contribution in [0, 0.1) is 0 Å². The molecular formula is C18H16N2O4S. The Balaban J connectivity index is 1.52. The number of carbonyl (C=O) groups is 1. The maximum absolute atomic E-state index is 12.8. The molecule has 2 aromatic carbocycles. The molecule has 0 fully saturated rings. The van der Waals surface area contributed by atoms with E-state index in [-0.39, 0.29) is 25.4 Å². The highest BCUT2D eigenvalue weighted by Crippen LogP contribution is 2.41. The van der Waals surface area contributed by atoms with E-state index in [2.05, 4.69) is 5.32 Å². The van der Waals surface area contributed by atoms with Crippen LogP contribution in [0.2, 0.25) is 0 Å². The summed E-state index contributed by atoms with van der Waals surface area (Å²) in [6.07, 6.45) is 1.61. The first-order chi connectivity index (χ1) is 12.1. The summed E-state index contributed by atoms with van der Waals surface area (Å²) < 4.78 is 32.1.